The molecule has 5 heteroatoms. The zero-order valence-electron chi connectivity index (χ0n) is 9.46. The summed E-state index contributed by atoms with van der Waals surface area (Å²) in [7, 11) is 0. The van der Waals surface area contributed by atoms with Crippen LogP contribution in [0.15, 0.2) is 48.9 Å². The van der Waals surface area contributed by atoms with Crippen LogP contribution in [-0.4, -0.2) is 22.3 Å². The van der Waals surface area contributed by atoms with Crippen molar-refractivity contribution >= 4 is 16.8 Å². The number of carbonyl (C=O) groups excluding carboxylic acids is 1. The van der Waals surface area contributed by atoms with Gasteiger partial charge in [0.25, 0.3) is 5.91 Å². The molecular weight excluding hydrogens is 230 g/mol. The van der Waals surface area contributed by atoms with Crippen LogP contribution in [0.2, 0.25) is 0 Å². The second-order valence-corrected chi connectivity index (χ2v) is 3.92. The minimum absolute atomic E-state index is 0.178. The SMILES string of the molecule is O=C(NC1C=CC=CO1)c1ccc2[nH]ncc2c1. The summed E-state index contributed by atoms with van der Waals surface area (Å²) in [6.45, 7) is 0. The summed E-state index contributed by atoms with van der Waals surface area (Å²) < 4.78 is 5.22. The molecule has 18 heavy (non-hydrogen) atoms. The Balaban J connectivity index is 1.78. The summed E-state index contributed by atoms with van der Waals surface area (Å²) in [4.78, 5) is 12.0. The van der Waals surface area contributed by atoms with Gasteiger partial charge in [-0.25, -0.2) is 0 Å². The summed E-state index contributed by atoms with van der Waals surface area (Å²) in [6, 6.07) is 5.36. The van der Waals surface area contributed by atoms with Crippen LogP contribution >= 0.6 is 0 Å². The number of amides is 1. The molecule has 1 atom stereocenters. The van der Waals surface area contributed by atoms with Crippen molar-refractivity contribution in [1.82, 2.24) is 15.5 Å². The minimum Gasteiger partial charge on any atom is -0.475 e. The summed E-state index contributed by atoms with van der Waals surface area (Å²) in [6.07, 6.45) is 8.18. The van der Waals surface area contributed by atoms with Gasteiger partial charge in [0.1, 0.15) is 0 Å². The summed E-state index contributed by atoms with van der Waals surface area (Å²) in [5.41, 5.74) is 1.48. The summed E-state index contributed by atoms with van der Waals surface area (Å²) in [5.74, 6) is -0.178. The number of fused-ring (bicyclic) bond motifs is 1. The van der Waals surface area contributed by atoms with Crippen LogP contribution in [0.4, 0.5) is 0 Å². The Morgan fingerprint density at radius 3 is 3.17 bits per heavy atom. The molecule has 0 radical (unpaired) electrons. The molecule has 2 aromatic rings. The molecule has 2 N–H and O–H groups in total. The lowest BCUT2D eigenvalue weighted by Crippen LogP contribution is -2.34. The highest BCUT2D eigenvalue weighted by molar-refractivity contribution is 5.98. The van der Waals surface area contributed by atoms with Gasteiger partial charge in [0, 0.05) is 10.9 Å². The highest BCUT2D eigenvalue weighted by atomic mass is 16.5. The number of allylic oxidation sites excluding steroid dienone is 2. The summed E-state index contributed by atoms with van der Waals surface area (Å²) >= 11 is 0. The zero-order chi connectivity index (χ0) is 12.4. The third kappa shape index (κ3) is 1.98. The fourth-order valence-electron chi connectivity index (χ4n) is 1.76. The Bertz CT molecular complexity index is 642. The fraction of sp³-hybridized carbons (Fsp3) is 0.0769. The van der Waals surface area contributed by atoms with Crippen molar-refractivity contribution in [2.75, 3.05) is 0 Å². The highest BCUT2D eigenvalue weighted by Crippen LogP contribution is 2.13. The number of hydrogen-bond donors (Lipinski definition) is 2. The summed E-state index contributed by atoms with van der Waals surface area (Å²) in [5, 5.41) is 10.4. The normalized spacial score (nSPS) is 17.7. The number of ether oxygens (including phenoxy) is 1. The van der Waals surface area contributed by atoms with Crippen LogP contribution in [-0.2, 0) is 4.74 Å². The first-order valence-electron chi connectivity index (χ1n) is 5.56. The Kier molecular flexibility index (Phi) is 2.57. The molecule has 1 unspecified atom stereocenters. The number of hydrogen-bond acceptors (Lipinski definition) is 3. The molecule has 90 valence electrons. The van der Waals surface area contributed by atoms with E-state index in [9.17, 15) is 4.79 Å². The van der Waals surface area contributed by atoms with Gasteiger partial charge in [0.05, 0.1) is 18.0 Å². The lowest BCUT2D eigenvalue weighted by atomic mass is 10.1. The van der Waals surface area contributed by atoms with Gasteiger partial charge in [-0.2, -0.15) is 5.10 Å². The van der Waals surface area contributed by atoms with Crippen LogP contribution in [0, 0.1) is 0 Å². The number of aromatic amines is 1. The molecule has 0 aliphatic carbocycles. The Morgan fingerprint density at radius 1 is 1.39 bits per heavy atom. The molecule has 0 saturated heterocycles. The topological polar surface area (TPSA) is 67.0 Å². The van der Waals surface area contributed by atoms with Gasteiger partial charge in [-0.15, -0.1) is 0 Å². The quantitative estimate of drug-likeness (QED) is 0.841. The van der Waals surface area contributed by atoms with Crippen molar-refractivity contribution in [3.8, 4) is 0 Å². The first-order valence-corrected chi connectivity index (χ1v) is 5.56. The van der Waals surface area contributed by atoms with E-state index in [0.29, 0.717) is 5.56 Å². The van der Waals surface area contributed by atoms with E-state index in [4.69, 9.17) is 4.74 Å². The van der Waals surface area contributed by atoms with Crippen LogP contribution in [0.3, 0.4) is 0 Å². The molecular formula is C13H11N3O2. The number of rotatable bonds is 2. The lowest BCUT2D eigenvalue weighted by molar-refractivity contribution is 0.0821. The molecule has 0 fully saturated rings. The van der Waals surface area contributed by atoms with E-state index in [1.165, 1.54) is 0 Å². The first kappa shape index (κ1) is 10.6. The molecule has 3 rings (SSSR count). The van der Waals surface area contributed by atoms with E-state index >= 15 is 0 Å². The van der Waals surface area contributed by atoms with E-state index in [2.05, 4.69) is 15.5 Å². The predicted molar refractivity (Wildman–Crippen MR) is 66.7 cm³/mol. The molecule has 1 amide bonds. The minimum atomic E-state index is -0.414. The van der Waals surface area contributed by atoms with E-state index in [1.807, 2.05) is 12.1 Å². The highest BCUT2D eigenvalue weighted by Gasteiger charge is 2.12. The van der Waals surface area contributed by atoms with Gasteiger partial charge >= 0.3 is 0 Å². The molecule has 2 heterocycles. The maximum absolute atomic E-state index is 12.0. The van der Waals surface area contributed by atoms with Gasteiger partial charge in [0.15, 0.2) is 6.23 Å². The van der Waals surface area contributed by atoms with Crippen molar-refractivity contribution in [2.24, 2.45) is 0 Å². The molecule has 1 aliphatic heterocycles. The van der Waals surface area contributed by atoms with E-state index in [0.717, 1.165) is 10.9 Å². The maximum atomic E-state index is 12.0. The number of H-pyrrole nitrogens is 1. The second-order valence-electron chi connectivity index (χ2n) is 3.92. The maximum Gasteiger partial charge on any atom is 0.254 e. The van der Waals surface area contributed by atoms with Crippen molar-refractivity contribution in [3.05, 3.63) is 54.4 Å². The largest absolute Gasteiger partial charge is 0.475 e. The van der Waals surface area contributed by atoms with E-state index in [1.54, 1.807) is 36.7 Å². The number of nitrogens with one attached hydrogen (secondary N) is 2. The molecule has 0 bridgehead atoms. The van der Waals surface area contributed by atoms with Gasteiger partial charge in [-0.3, -0.25) is 9.89 Å². The smallest absolute Gasteiger partial charge is 0.254 e. The number of aromatic nitrogens is 2. The standard InChI is InChI=1S/C13H11N3O2/c17-13(15-12-3-1-2-6-18-12)9-4-5-11-10(7-9)8-14-16-11/h1-8,12H,(H,14,16)(H,15,17). The predicted octanol–water partition coefficient (Wildman–Crippen LogP) is 1.72. The molecule has 5 nitrogen and oxygen atoms in total. The van der Waals surface area contributed by atoms with Crippen molar-refractivity contribution < 1.29 is 9.53 Å². The zero-order valence-corrected chi connectivity index (χ0v) is 9.46. The molecule has 0 spiro atoms. The van der Waals surface area contributed by atoms with Crippen LogP contribution < -0.4 is 5.32 Å². The van der Waals surface area contributed by atoms with Gasteiger partial charge in [0.2, 0.25) is 0 Å². The van der Waals surface area contributed by atoms with Crippen molar-refractivity contribution in [3.63, 3.8) is 0 Å². The first-order chi connectivity index (χ1) is 8.83. The van der Waals surface area contributed by atoms with Crippen LogP contribution in [0.5, 0.6) is 0 Å². The van der Waals surface area contributed by atoms with E-state index in [-0.39, 0.29) is 5.91 Å². The fourth-order valence-corrected chi connectivity index (χ4v) is 1.76. The van der Waals surface area contributed by atoms with Crippen LogP contribution in [0.1, 0.15) is 10.4 Å². The molecule has 1 aliphatic rings. The molecule has 1 aromatic carbocycles. The Labute approximate surface area is 103 Å². The number of nitrogens with zero attached hydrogens (tertiary/aromatic N) is 1. The molecule has 0 saturated carbocycles. The number of benzene rings is 1. The van der Waals surface area contributed by atoms with Crippen LogP contribution in [0.25, 0.3) is 10.9 Å². The Morgan fingerprint density at radius 2 is 2.33 bits per heavy atom. The van der Waals surface area contributed by atoms with Crippen molar-refractivity contribution in [2.45, 2.75) is 6.23 Å². The van der Waals surface area contributed by atoms with Gasteiger partial charge < -0.3 is 10.1 Å². The van der Waals surface area contributed by atoms with Crippen molar-refractivity contribution in [1.29, 1.82) is 0 Å². The average Bonchev–Trinajstić information content (AvgIpc) is 2.87. The second kappa shape index (κ2) is 4.37. The van der Waals surface area contributed by atoms with E-state index < -0.39 is 6.23 Å². The molecule has 1 aromatic heterocycles. The monoisotopic (exact) mass is 241 g/mol. The number of carbonyl (C=O) groups is 1. The third-order valence-corrected chi connectivity index (χ3v) is 2.68. The van der Waals surface area contributed by atoms with Gasteiger partial charge in [-0.1, -0.05) is 6.08 Å². The Hall–Kier alpha value is -2.56. The lowest BCUT2D eigenvalue weighted by Gasteiger charge is -2.16. The third-order valence-electron chi connectivity index (χ3n) is 2.68. The average molecular weight is 241 g/mol. The van der Waals surface area contributed by atoms with Gasteiger partial charge in [-0.05, 0) is 30.4 Å².